The Balaban J connectivity index is 2.32. The molecule has 0 unspecified atom stereocenters. The minimum atomic E-state index is 0.220. The number of nitrogens with two attached hydrogens (primary N) is 3. The van der Waals surface area contributed by atoms with Crippen LogP contribution in [-0.4, -0.2) is 17.8 Å². The number of hydrogen-bond acceptors (Lipinski definition) is 4. The first-order valence-electron chi connectivity index (χ1n) is 13.1. The van der Waals surface area contributed by atoms with Crippen LogP contribution in [0.5, 0.6) is 0 Å². The van der Waals surface area contributed by atoms with Gasteiger partial charge in [0.25, 0.3) is 0 Å². The fraction of sp³-hybridized carbons (Fsp3) is 0.0556. The lowest BCUT2D eigenvalue weighted by Gasteiger charge is -2.27. The first-order valence-corrected chi connectivity index (χ1v) is 13.1. The Labute approximate surface area is 243 Å². The SMILES string of the molecule is C=C=C(/C(=C\N)c1ccc(C)c(/C=C\C=C)c1)N(C)C(/N=C(N)/C=C\N)=C(\C(=C)c1ccccc1)c1ccccc1. The molecule has 3 aromatic rings. The molecule has 3 aromatic carbocycles. The first kappa shape index (κ1) is 30.0. The second kappa shape index (κ2) is 14.6. The summed E-state index contributed by atoms with van der Waals surface area (Å²) >= 11 is 0. The molecule has 0 saturated carbocycles. The van der Waals surface area contributed by atoms with Gasteiger partial charge in [0, 0.05) is 24.4 Å². The van der Waals surface area contributed by atoms with Gasteiger partial charge in [0.05, 0.1) is 5.70 Å². The van der Waals surface area contributed by atoms with Crippen molar-refractivity contribution in [2.24, 2.45) is 22.2 Å². The molecule has 41 heavy (non-hydrogen) atoms. The summed E-state index contributed by atoms with van der Waals surface area (Å²) in [6.45, 7) is 14.3. The minimum absolute atomic E-state index is 0.220. The quantitative estimate of drug-likeness (QED) is 0.106. The fourth-order valence-corrected chi connectivity index (χ4v) is 4.36. The molecule has 0 fully saturated rings. The van der Waals surface area contributed by atoms with Crippen molar-refractivity contribution in [1.29, 1.82) is 0 Å². The highest BCUT2D eigenvalue weighted by Gasteiger charge is 2.22. The van der Waals surface area contributed by atoms with Gasteiger partial charge in [0.15, 0.2) is 0 Å². The van der Waals surface area contributed by atoms with Crippen molar-refractivity contribution >= 4 is 28.6 Å². The second-order valence-corrected chi connectivity index (χ2v) is 9.14. The van der Waals surface area contributed by atoms with Gasteiger partial charge in [-0.3, -0.25) is 0 Å². The van der Waals surface area contributed by atoms with Crippen LogP contribution in [0.4, 0.5) is 0 Å². The predicted molar refractivity (Wildman–Crippen MR) is 177 cm³/mol. The van der Waals surface area contributed by atoms with E-state index in [2.05, 4.69) is 38.5 Å². The predicted octanol–water partition coefficient (Wildman–Crippen LogP) is 7.01. The third-order valence-corrected chi connectivity index (χ3v) is 6.46. The summed E-state index contributed by atoms with van der Waals surface area (Å²) in [6, 6.07) is 26.0. The van der Waals surface area contributed by atoms with E-state index in [4.69, 9.17) is 22.2 Å². The van der Waals surface area contributed by atoms with Crippen molar-refractivity contribution in [3.05, 3.63) is 174 Å². The number of benzene rings is 3. The molecule has 0 aliphatic heterocycles. The number of aryl methyl sites for hydroxylation is 1. The zero-order chi connectivity index (χ0) is 29.8. The minimum Gasteiger partial charge on any atom is -0.404 e. The zero-order valence-corrected chi connectivity index (χ0v) is 23.7. The lowest BCUT2D eigenvalue weighted by molar-refractivity contribution is 0.539. The molecule has 0 aliphatic rings. The van der Waals surface area contributed by atoms with E-state index in [1.54, 1.807) is 12.3 Å². The standard InChI is InChI=1S/C36H37N5/c1-6-8-15-30-24-31(21-20-26(30)3)32(25-38)33(7-2)41(5)36(40-34(39)22-23-37)35(29-18-13-10-14-19-29)27(4)28-16-11-9-12-17-28/h6,8-25H,1-2,4,37-38H2,3,5H3,(H2,39,40)/b15-8-,23-22-,32-25-,36-35+. The van der Waals surface area contributed by atoms with Gasteiger partial charge in [-0.2, -0.15) is 0 Å². The largest absolute Gasteiger partial charge is 0.404 e. The number of aliphatic imine (C=N–C) groups is 1. The molecule has 0 heterocycles. The number of amidine groups is 1. The molecular weight excluding hydrogens is 502 g/mol. The van der Waals surface area contributed by atoms with E-state index >= 15 is 0 Å². The van der Waals surface area contributed by atoms with Gasteiger partial charge < -0.3 is 22.1 Å². The van der Waals surface area contributed by atoms with E-state index in [-0.39, 0.29) is 5.84 Å². The summed E-state index contributed by atoms with van der Waals surface area (Å²) in [7, 11) is 1.88. The average Bonchev–Trinajstić information content (AvgIpc) is 3.00. The number of rotatable bonds is 11. The van der Waals surface area contributed by atoms with E-state index in [0.717, 1.165) is 39.0 Å². The van der Waals surface area contributed by atoms with Crippen LogP contribution >= 0.6 is 0 Å². The molecule has 6 N–H and O–H groups in total. The van der Waals surface area contributed by atoms with E-state index < -0.39 is 0 Å². The van der Waals surface area contributed by atoms with Crippen molar-refractivity contribution in [3.63, 3.8) is 0 Å². The molecule has 0 radical (unpaired) electrons. The molecule has 0 spiro atoms. The van der Waals surface area contributed by atoms with Crippen LogP contribution in [0.3, 0.4) is 0 Å². The van der Waals surface area contributed by atoms with E-state index in [9.17, 15) is 0 Å². The van der Waals surface area contributed by atoms with Gasteiger partial charge in [-0.1, -0.05) is 111 Å². The van der Waals surface area contributed by atoms with Gasteiger partial charge in [0.1, 0.15) is 11.7 Å². The Morgan fingerprint density at radius 2 is 1.56 bits per heavy atom. The van der Waals surface area contributed by atoms with E-state index in [0.29, 0.717) is 17.1 Å². The van der Waals surface area contributed by atoms with Crippen molar-refractivity contribution < 1.29 is 0 Å². The first-order chi connectivity index (χ1) is 19.9. The molecule has 0 bridgehead atoms. The third-order valence-electron chi connectivity index (χ3n) is 6.46. The molecule has 0 aliphatic carbocycles. The monoisotopic (exact) mass is 539 g/mol. The maximum Gasteiger partial charge on any atom is 0.144 e. The summed E-state index contributed by atoms with van der Waals surface area (Å²) in [4.78, 5) is 6.71. The topological polar surface area (TPSA) is 93.7 Å². The van der Waals surface area contributed by atoms with Crippen LogP contribution in [0.25, 0.3) is 22.8 Å². The highest BCUT2D eigenvalue weighted by Crippen LogP contribution is 2.37. The van der Waals surface area contributed by atoms with Crippen LogP contribution < -0.4 is 17.2 Å². The number of allylic oxidation sites excluding steroid dienone is 5. The van der Waals surface area contributed by atoms with Crippen molar-refractivity contribution in [1.82, 2.24) is 4.90 Å². The van der Waals surface area contributed by atoms with Gasteiger partial charge in [-0.25, -0.2) is 4.99 Å². The summed E-state index contributed by atoms with van der Waals surface area (Å²) in [5, 5.41) is 0. The average molecular weight is 540 g/mol. The molecule has 5 heteroatoms. The molecule has 0 saturated heterocycles. The van der Waals surface area contributed by atoms with Crippen LogP contribution in [0.2, 0.25) is 0 Å². The molecule has 0 amide bonds. The van der Waals surface area contributed by atoms with Crippen molar-refractivity contribution in [3.8, 4) is 0 Å². The smallest absolute Gasteiger partial charge is 0.144 e. The van der Waals surface area contributed by atoms with Crippen molar-refractivity contribution in [2.45, 2.75) is 6.92 Å². The number of hydrogen-bond donors (Lipinski definition) is 3. The van der Waals surface area contributed by atoms with E-state index in [1.807, 2.05) is 96.9 Å². The van der Waals surface area contributed by atoms with Crippen LogP contribution in [0, 0.1) is 6.92 Å². The molecular formula is C36H37N5. The van der Waals surface area contributed by atoms with Crippen molar-refractivity contribution in [2.75, 3.05) is 7.05 Å². The summed E-state index contributed by atoms with van der Waals surface area (Å²) in [6.07, 6.45) is 10.1. The van der Waals surface area contributed by atoms with Crippen LogP contribution in [-0.2, 0) is 0 Å². The maximum absolute atomic E-state index is 6.31. The molecule has 0 atom stereocenters. The highest BCUT2D eigenvalue weighted by molar-refractivity contribution is 6.06. The van der Waals surface area contributed by atoms with Gasteiger partial charge in [0.2, 0.25) is 0 Å². The molecule has 0 aromatic heterocycles. The Morgan fingerprint density at radius 3 is 2.12 bits per heavy atom. The molecule has 3 rings (SSSR count). The lowest BCUT2D eigenvalue weighted by atomic mass is 9.92. The summed E-state index contributed by atoms with van der Waals surface area (Å²) in [5.74, 6) is 0.738. The second-order valence-electron chi connectivity index (χ2n) is 9.14. The summed E-state index contributed by atoms with van der Waals surface area (Å²) < 4.78 is 0. The Hall–Kier alpha value is -5.51. The lowest BCUT2D eigenvalue weighted by Crippen LogP contribution is -2.22. The Kier molecular flexibility index (Phi) is 10.7. The maximum atomic E-state index is 6.31. The Bertz CT molecular complexity index is 1600. The Morgan fingerprint density at radius 1 is 0.927 bits per heavy atom. The van der Waals surface area contributed by atoms with Gasteiger partial charge >= 0.3 is 0 Å². The zero-order valence-electron chi connectivity index (χ0n) is 23.7. The van der Waals surface area contributed by atoms with Crippen LogP contribution in [0.15, 0.2) is 151 Å². The van der Waals surface area contributed by atoms with Crippen LogP contribution in [0.1, 0.15) is 27.8 Å². The summed E-state index contributed by atoms with van der Waals surface area (Å²) in [5.41, 5.74) is 29.1. The number of nitrogens with zero attached hydrogens (tertiary/aromatic N) is 2. The third kappa shape index (κ3) is 7.33. The van der Waals surface area contributed by atoms with Gasteiger partial charge in [-0.15, -0.1) is 5.73 Å². The highest BCUT2D eigenvalue weighted by atomic mass is 15.2. The normalized spacial score (nSPS) is 12.6. The number of likely N-dealkylation sites (N-methyl/N-ethyl adjacent to an activating group) is 1. The van der Waals surface area contributed by atoms with Gasteiger partial charge in [-0.05, 0) is 58.7 Å². The fourth-order valence-electron chi connectivity index (χ4n) is 4.36. The molecule has 5 nitrogen and oxygen atoms in total. The van der Waals surface area contributed by atoms with E-state index in [1.165, 1.54) is 12.3 Å². The molecule has 206 valence electrons.